The van der Waals surface area contributed by atoms with Crippen LogP contribution in [-0.4, -0.2) is 44.9 Å². The van der Waals surface area contributed by atoms with Crippen molar-refractivity contribution < 1.29 is 22.7 Å². The van der Waals surface area contributed by atoms with Gasteiger partial charge in [0.15, 0.2) is 0 Å². The first kappa shape index (κ1) is 15.2. The Morgan fingerprint density at radius 2 is 2.06 bits per heavy atom. The highest BCUT2D eigenvalue weighted by Crippen LogP contribution is 2.14. The third kappa shape index (κ3) is 11.3. The Kier molecular flexibility index (Phi) is 7.92. The van der Waals surface area contributed by atoms with Crippen LogP contribution < -0.4 is 10.6 Å². The fourth-order valence-corrected chi connectivity index (χ4v) is 0.949. The van der Waals surface area contributed by atoms with Crippen molar-refractivity contribution in [1.82, 2.24) is 10.6 Å². The van der Waals surface area contributed by atoms with E-state index in [9.17, 15) is 18.0 Å². The predicted molar refractivity (Wildman–Crippen MR) is 53.0 cm³/mol. The molecule has 0 rings (SSSR count). The maximum absolute atomic E-state index is 11.6. The average Bonchev–Trinajstić information content (AvgIpc) is 2.15. The van der Waals surface area contributed by atoms with Crippen LogP contribution in [0.5, 0.6) is 0 Å². The Labute approximate surface area is 92.5 Å². The second-order valence-electron chi connectivity index (χ2n) is 3.15. The molecule has 7 heteroatoms. The van der Waals surface area contributed by atoms with Crippen molar-refractivity contribution >= 4 is 5.91 Å². The molecular formula is C9H17F3N2O2. The summed E-state index contributed by atoms with van der Waals surface area (Å²) in [7, 11) is 0. The van der Waals surface area contributed by atoms with Crippen molar-refractivity contribution in [2.24, 2.45) is 0 Å². The third-order valence-electron chi connectivity index (χ3n) is 1.57. The Balaban J connectivity index is 3.19. The van der Waals surface area contributed by atoms with Gasteiger partial charge in [-0.25, -0.2) is 0 Å². The molecule has 0 radical (unpaired) electrons. The van der Waals surface area contributed by atoms with Gasteiger partial charge in [0.05, 0.1) is 6.54 Å². The number of amides is 1. The van der Waals surface area contributed by atoms with Gasteiger partial charge in [-0.05, 0) is 19.9 Å². The summed E-state index contributed by atoms with van der Waals surface area (Å²) in [4.78, 5) is 10.9. The molecule has 0 aliphatic rings. The van der Waals surface area contributed by atoms with Gasteiger partial charge in [0.2, 0.25) is 5.91 Å². The number of carbonyl (C=O) groups excluding carboxylic acids is 1. The lowest BCUT2D eigenvalue weighted by molar-refractivity contribution is -0.173. The summed E-state index contributed by atoms with van der Waals surface area (Å²) in [6.45, 7) is 1.81. The number of ether oxygens (including phenoxy) is 1. The van der Waals surface area contributed by atoms with Crippen molar-refractivity contribution in [3.63, 3.8) is 0 Å². The molecule has 0 saturated heterocycles. The highest BCUT2D eigenvalue weighted by atomic mass is 19.4. The minimum absolute atomic E-state index is 0.0297. The van der Waals surface area contributed by atoms with Crippen LogP contribution in [0.2, 0.25) is 0 Å². The van der Waals surface area contributed by atoms with Crippen LogP contribution >= 0.6 is 0 Å². The zero-order valence-corrected chi connectivity index (χ0v) is 9.19. The van der Waals surface area contributed by atoms with Gasteiger partial charge in [-0.1, -0.05) is 0 Å². The molecule has 0 aromatic heterocycles. The molecule has 0 spiro atoms. The van der Waals surface area contributed by atoms with E-state index >= 15 is 0 Å². The van der Waals surface area contributed by atoms with Crippen molar-refractivity contribution in [2.45, 2.75) is 19.5 Å². The number of nitrogens with one attached hydrogen (secondary N) is 2. The lowest BCUT2D eigenvalue weighted by Crippen LogP contribution is -2.34. The van der Waals surface area contributed by atoms with E-state index in [2.05, 4.69) is 15.4 Å². The van der Waals surface area contributed by atoms with E-state index in [0.29, 0.717) is 19.5 Å². The SMILES string of the molecule is CCNC(=O)CNCCCOCC(F)(F)F. The minimum Gasteiger partial charge on any atom is -0.372 e. The monoisotopic (exact) mass is 242 g/mol. The van der Waals surface area contributed by atoms with Crippen molar-refractivity contribution in [3.05, 3.63) is 0 Å². The second-order valence-corrected chi connectivity index (χ2v) is 3.15. The van der Waals surface area contributed by atoms with Crippen LogP contribution in [-0.2, 0) is 9.53 Å². The first-order chi connectivity index (χ1) is 7.45. The van der Waals surface area contributed by atoms with Gasteiger partial charge in [-0.3, -0.25) is 4.79 Å². The highest BCUT2D eigenvalue weighted by molar-refractivity contribution is 5.77. The number of hydrogen-bond acceptors (Lipinski definition) is 3. The zero-order chi connectivity index (χ0) is 12.4. The normalized spacial score (nSPS) is 11.5. The molecule has 0 bridgehead atoms. The molecule has 0 aromatic rings. The maximum atomic E-state index is 11.6. The quantitative estimate of drug-likeness (QED) is 0.615. The number of carbonyl (C=O) groups is 1. The lowest BCUT2D eigenvalue weighted by Gasteiger charge is -2.08. The number of rotatable bonds is 8. The summed E-state index contributed by atoms with van der Waals surface area (Å²) in [6, 6.07) is 0. The molecule has 2 N–H and O–H groups in total. The zero-order valence-electron chi connectivity index (χ0n) is 9.19. The summed E-state index contributed by atoms with van der Waals surface area (Å²) in [5, 5.41) is 5.38. The number of likely N-dealkylation sites (N-methyl/N-ethyl adjacent to an activating group) is 1. The van der Waals surface area contributed by atoms with E-state index in [1.807, 2.05) is 6.92 Å². The van der Waals surface area contributed by atoms with Gasteiger partial charge in [0.25, 0.3) is 0 Å². The molecule has 0 saturated carbocycles. The fraction of sp³-hybridized carbons (Fsp3) is 0.889. The maximum Gasteiger partial charge on any atom is 0.411 e. The fourth-order valence-electron chi connectivity index (χ4n) is 0.949. The molecule has 0 atom stereocenters. The van der Waals surface area contributed by atoms with Gasteiger partial charge >= 0.3 is 6.18 Å². The Morgan fingerprint density at radius 3 is 2.62 bits per heavy atom. The predicted octanol–water partition coefficient (Wildman–Crippen LogP) is 0.681. The van der Waals surface area contributed by atoms with Gasteiger partial charge in [-0.2, -0.15) is 13.2 Å². The molecule has 0 fully saturated rings. The van der Waals surface area contributed by atoms with E-state index < -0.39 is 12.8 Å². The van der Waals surface area contributed by atoms with E-state index in [0.717, 1.165) is 0 Å². The van der Waals surface area contributed by atoms with E-state index in [1.54, 1.807) is 0 Å². The first-order valence-electron chi connectivity index (χ1n) is 5.07. The third-order valence-corrected chi connectivity index (χ3v) is 1.57. The highest BCUT2D eigenvalue weighted by Gasteiger charge is 2.27. The summed E-state index contributed by atoms with van der Waals surface area (Å²) in [5.74, 6) is -0.126. The average molecular weight is 242 g/mol. The van der Waals surface area contributed by atoms with E-state index in [-0.39, 0.29) is 19.1 Å². The second kappa shape index (κ2) is 8.35. The molecule has 0 aromatic carbocycles. The van der Waals surface area contributed by atoms with Crippen LogP contribution in [0.1, 0.15) is 13.3 Å². The topological polar surface area (TPSA) is 50.4 Å². The summed E-state index contributed by atoms with van der Waals surface area (Å²) in [5.41, 5.74) is 0. The van der Waals surface area contributed by atoms with Crippen LogP contribution in [0.25, 0.3) is 0 Å². The first-order valence-corrected chi connectivity index (χ1v) is 5.07. The number of halogens is 3. The Bertz CT molecular complexity index is 198. The molecular weight excluding hydrogens is 225 g/mol. The van der Waals surface area contributed by atoms with Crippen LogP contribution in [0.4, 0.5) is 13.2 Å². The van der Waals surface area contributed by atoms with Crippen LogP contribution in [0, 0.1) is 0 Å². The number of alkyl halides is 3. The van der Waals surface area contributed by atoms with Crippen LogP contribution in [0.15, 0.2) is 0 Å². The number of hydrogen-bond donors (Lipinski definition) is 2. The van der Waals surface area contributed by atoms with Crippen molar-refractivity contribution in [3.8, 4) is 0 Å². The van der Waals surface area contributed by atoms with Gasteiger partial charge in [-0.15, -0.1) is 0 Å². The molecule has 0 aliphatic carbocycles. The lowest BCUT2D eigenvalue weighted by atomic mass is 10.4. The largest absolute Gasteiger partial charge is 0.411 e. The Morgan fingerprint density at radius 1 is 1.38 bits per heavy atom. The molecule has 0 unspecified atom stereocenters. The molecule has 96 valence electrons. The summed E-state index contributed by atoms with van der Waals surface area (Å²) < 4.78 is 39.3. The van der Waals surface area contributed by atoms with Gasteiger partial charge < -0.3 is 15.4 Å². The summed E-state index contributed by atoms with van der Waals surface area (Å²) in [6.07, 6.45) is -3.83. The smallest absolute Gasteiger partial charge is 0.372 e. The molecule has 1 amide bonds. The molecule has 0 aliphatic heterocycles. The molecule has 0 heterocycles. The van der Waals surface area contributed by atoms with Crippen molar-refractivity contribution in [2.75, 3.05) is 32.8 Å². The Hall–Kier alpha value is -0.820. The molecule has 16 heavy (non-hydrogen) atoms. The van der Waals surface area contributed by atoms with Crippen LogP contribution in [0.3, 0.4) is 0 Å². The minimum atomic E-state index is -4.27. The van der Waals surface area contributed by atoms with E-state index in [1.165, 1.54) is 0 Å². The van der Waals surface area contributed by atoms with Gasteiger partial charge in [0, 0.05) is 13.2 Å². The van der Waals surface area contributed by atoms with Gasteiger partial charge in [0.1, 0.15) is 6.61 Å². The summed E-state index contributed by atoms with van der Waals surface area (Å²) >= 11 is 0. The molecule has 4 nitrogen and oxygen atoms in total. The van der Waals surface area contributed by atoms with E-state index in [4.69, 9.17) is 0 Å². The standard InChI is InChI=1S/C9H17F3N2O2/c1-2-14-8(15)6-13-4-3-5-16-7-9(10,11)12/h13H,2-7H2,1H3,(H,14,15). The van der Waals surface area contributed by atoms with Crippen molar-refractivity contribution in [1.29, 1.82) is 0 Å².